The second-order valence-corrected chi connectivity index (χ2v) is 22.3. The zero-order valence-electron chi connectivity index (χ0n) is 39.3. The quantitative estimate of drug-likeness (QED) is 0.0288. The number of hydrogen-bond donors (Lipinski definition) is 5. The standard InChI is InChI=1S/C46H70N2O16S3/c1-45(2,3)21-19-36(39-17-15-37(34-42(39)49)47(22-11-33-66(55,56)57)24-25-62-28-29-64-31-30-63-27-26-61-5)12-9-13-43-46(4,20-10-32-65(52,53)54)40-35-38(67(58,59)60)16-18-41(40)48(43)23-8-6-7-14-44(50)51/h9,12-13,15-19,34-35,49H,6-8,10-11,14,20-33H2,1-5H3,(H,50,51)(H,52,53,54)(H,55,56,57)(H,58,59,60)/b12-9+,36-19-,43-13-. The van der Waals surface area contributed by atoms with Crippen molar-refractivity contribution in [3.8, 4) is 5.75 Å². The number of hydrogen-bond acceptors (Lipinski definition) is 14. The molecular formula is C46H70N2O16S3. The van der Waals surface area contributed by atoms with E-state index in [1.807, 2.05) is 35.0 Å². The third-order valence-electron chi connectivity index (χ3n) is 11.0. The number of aromatic hydroxyl groups is 1. The molecule has 0 aromatic heterocycles. The Morgan fingerprint density at radius 3 is 2.00 bits per heavy atom. The molecule has 1 aliphatic heterocycles. The minimum Gasteiger partial charge on any atom is -0.507 e. The molecule has 0 fully saturated rings. The van der Waals surface area contributed by atoms with Gasteiger partial charge in [-0.2, -0.15) is 25.3 Å². The highest BCUT2D eigenvalue weighted by atomic mass is 32.2. The van der Waals surface area contributed by atoms with Crippen LogP contribution in [0.25, 0.3) is 5.57 Å². The molecule has 0 amide bonds. The number of carbonyl (C=O) groups is 1. The lowest BCUT2D eigenvalue weighted by atomic mass is 9.77. The predicted octanol–water partition coefficient (Wildman–Crippen LogP) is 6.77. The smallest absolute Gasteiger partial charge is 0.303 e. The second-order valence-electron chi connectivity index (χ2n) is 17.7. The lowest BCUT2D eigenvalue weighted by Crippen LogP contribution is -2.30. The van der Waals surface area contributed by atoms with Crippen LogP contribution >= 0.6 is 0 Å². The van der Waals surface area contributed by atoms with Crippen LogP contribution in [0.3, 0.4) is 0 Å². The first kappa shape index (κ1) is 57.4. The summed E-state index contributed by atoms with van der Waals surface area (Å²) in [6.07, 6.45) is 9.85. The molecule has 0 aliphatic carbocycles. The Morgan fingerprint density at radius 1 is 0.791 bits per heavy atom. The van der Waals surface area contributed by atoms with E-state index in [0.717, 1.165) is 0 Å². The van der Waals surface area contributed by atoms with E-state index in [0.29, 0.717) is 112 Å². The van der Waals surface area contributed by atoms with Gasteiger partial charge in [0.25, 0.3) is 30.4 Å². The Kier molecular flexibility index (Phi) is 22.9. The van der Waals surface area contributed by atoms with Crippen molar-refractivity contribution in [3.63, 3.8) is 0 Å². The number of phenolic OH excluding ortho intramolecular Hbond substituents is 1. The highest BCUT2D eigenvalue weighted by molar-refractivity contribution is 7.86. The van der Waals surface area contributed by atoms with Gasteiger partial charge in [-0.3, -0.25) is 18.5 Å². The SMILES string of the molecule is COCCOCCOCCOCCN(CCCS(=O)(=O)O)c1ccc(C(=C\CC(C)(C)C)/C=C/C=C2\N(CCCCCC(=O)O)c3ccc(S(=O)(=O)O)cc3C2(C)CCCS(=O)(=O)O)c(O)c1. The zero-order chi connectivity index (χ0) is 49.9. The topological polar surface area (TPSA) is 264 Å². The van der Waals surface area contributed by atoms with E-state index >= 15 is 0 Å². The molecule has 1 atom stereocenters. The monoisotopic (exact) mass is 1000 g/mol. The van der Waals surface area contributed by atoms with Crippen molar-refractivity contribution in [1.82, 2.24) is 0 Å². The molecule has 2 aromatic carbocycles. The van der Waals surface area contributed by atoms with Gasteiger partial charge in [-0.05, 0) is 98.4 Å². The molecule has 3 rings (SSSR count). The number of allylic oxidation sites excluding steroid dienone is 6. The number of unbranched alkanes of at least 4 members (excludes halogenated alkanes) is 2. The van der Waals surface area contributed by atoms with Crippen LogP contribution in [0.15, 0.2) is 71.3 Å². The van der Waals surface area contributed by atoms with Gasteiger partial charge in [-0.15, -0.1) is 0 Å². The van der Waals surface area contributed by atoms with Crippen LogP contribution in [0, 0.1) is 5.41 Å². The van der Waals surface area contributed by atoms with E-state index in [2.05, 4.69) is 20.8 Å². The van der Waals surface area contributed by atoms with Crippen molar-refractivity contribution < 1.29 is 72.9 Å². The number of fused-ring (bicyclic) bond motifs is 1. The molecule has 21 heteroatoms. The molecule has 5 N–H and O–H groups in total. The average Bonchev–Trinajstić information content (AvgIpc) is 3.44. The molecule has 1 aliphatic rings. The molecule has 2 aromatic rings. The third kappa shape index (κ3) is 20.7. The summed E-state index contributed by atoms with van der Waals surface area (Å²) in [5.41, 5.74) is 2.34. The van der Waals surface area contributed by atoms with Crippen LogP contribution in [-0.4, -0.2) is 140 Å². The van der Waals surface area contributed by atoms with Crippen LogP contribution in [-0.2, 0) is 59.5 Å². The van der Waals surface area contributed by atoms with Gasteiger partial charge in [-0.25, -0.2) is 0 Å². The number of aliphatic carboxylic acids is 1. The summed E-state index contributed by atoms with van der Waals surface area (Å²) in [6, 6.07) is 9.35. The summed E-state index contributed by atoms with van der Waals surface area (Å²) < 4.78 is 122. The summed E-state index contributed by atoms with van der Waals surface area (Å²) in [5.74, 6) is -1.98. The minimum atomic E-state index is -4.63. The van der Waals surface area contributed by atoms with Crippen molar-refractivity contribution in [1.29, 1.82) is 0 Å². The number of benzene rings is 2. The normalized spacial score (nSPS) is 16.6. The Hall–Kier alpha value is -3.90. The number of carboxylic acid groups (broad SMARTS) is 1. The molecule has 0 bridgehead atoms. The van der Waals surface area contributed by atoms with Crippen molar-refractivity contribution >= 4 is 53.3 Å². The van der Waals surface area contributed by atoms with Crippen LogP contribution in [0.4, 0.5) is 11.4 Å². The highest BCUT2D eigenvalue weighted by Gasteiger charge is 2.43. The number of anilines is 2. The van der Waals surface area contributed by atoms with Crippen LogP contribution in [0.1, 0.15) is 90.2 Å². The third-order valence-corrected chi connectivity index (χ3v) is 13.5. The van der Waals surface area contributed by atoms with E-state index in [1.165, 1.54) is 12.1 Å². The number of rotatable bonds is 32. The van der Waals surface area contributed by atoms with E-state index in [4.69, 9.17) is 18.9 Å². The van der Waals surface area contributed by atoms with E-state index in [-0.39, 0.29) is 54.9 Å². The molecule has 378 valence electrons. The van der Waals surface area contributed by atoms with E-state index in [1.54, 1.807) is 37.5 Å². The average molecular weight is 1000 g/mol. The minimum absolute atomic E-state index is 0.00544. The number of phenols is 1. The zero-order valence-corrected chi connectivity index (χ0v) is 41.7. The molecular weight excluding hydrogens is 933 g/mol. The van der Waals surface area contributed by atoms with Crippen molar-refractivity contribution in [2.75, 3.05) is 94.3 Å². The van der Waals surface area contributed by atoms with Crippen LogP contribution in [0.5, 0.6) is 5.75 Å². The fourth-order valence-electron chi connectivity index (χ4n) is 7.58. The maximum absolute atomic E-state index is 12.3. The lowest BCUT2D eigenvalue weighted by molar-refractivity contribution is -0.137. The summed E-state index contributed by atoms with van der Waals surface area (Å²) >= 11 is 0. The molecule has 1 unspecified atom stereocenters. The number of carboxylic acids is 1. The Morgan fingerprint density at radius 2 is 1.42 bits per heavy atom. The van der Waals surface area contributed by atoms with Gasteiger partial charge in [0, 0.05) is 67.3 Å². The maximum atomic E-state index is 12.3. The molecule has 0 spiro atoms. The maximum Gasteiger partial charge on any atom is 0.303 e. The summed E-state index contributed by atoms with van der Waals surface area (Å²) in [7, 11) is -11.6. The molecule has 0 saturated carbocycles. The Bertz CT molecular complexity index is 2340. The fraction of sp³-hybridized carbons (Fsp3) is 0.587. The summed E-state index contributed by atoms with van der Waals surface area (Å²) in [6.45, 7) is 11.6. The molecule has 0 radical (unpaired) electrons. The highest BCUT2D eigenvalue weighted by Crippen LogP contribution is 2.51. The van der Waals surface area contributed by atoms with Gasteiger partial charge >= 0.3 is 5.97 Å². The van der Waals surface area contributed by atoms with Gasteiger partial charge in [0.15, 0.2) is 0 Å². The Balaban J connectivity index is 2.02. The predicted molar refractivity (Wildman–Crippen MR) is 258 cm³/mol. The largest absolute Gasteiger partial charge is 0.507 e. The Labute approximate surface area is 396 Å². The fourth-order valence-corrected chi connectivity index (χ4v) is 9.09. The number of nitrogens with zero attached hydrogens (tertiary/aromatic N) is 2. The van der Waals surface area contributed by atoms with Gasteiger partial charge in [-0.1, -0.05) is 45.4 Å². The molecule has 0 saturated heterocycles. The van der Waals surface area contributed by atoms with Crippen molar-refractivity contribution in [2.24, 2.45) is 5.41 Å². The van der Waals surface area contributed by atoms with Gasteiger partial charge < -0.3 is 39.0 Å². The van der Waals surface area contributed by atoms with Gasteiger partial charge in [0.05, 0.1) is 62.6 Å². The van der Waals surface area contributed by atoms with E-state index in [9.17, 15) is 53.9 Å². The second kappa shape index (κ2) is 26.7. The van der Waals surface area contributed by atoms with E-state index < -0.39 is 53.2 Å². The summed E-state index contributed by atoms with van der Waals surface area (Å²) in [4.78, 5) is 14.7. The first-order valence-corrected chi connectivity index (χ1v) is 26.9. The molecule has 67 heavy (non-hydrogen) atoms. The molecule has 18 nitrogen and oxygen atoms in total. The number of methoxy groups -OCH3 is 1. The first-order chi connectivity index (χ1) is 31.3. The van der Waals surface area contributed by atoms with Crippen molar-refractivity contribution in [3.05, 3.63) is 77.5 Å². The van der Waals surface area contributed by atoms with Gasteiger partial charge in [0.2, 0.25) is 0 Å². The lowest BCUT2D eigenvalue weighted by Gasteiger charge is -2.30. The van der Waals surface area contributed by atoms with Crippen LogP contribution in [0.2, 0.25) is 0 Å². The van der Waals surface area contributed by atoms with Crippen molar-refractivity contribution in [2.45, 2.75) is 89.4 Å². The number of ether oxygens (including phenoxy) is 4. The molecule has 1 heterocycles. The first-order valence-electron chi connectivity index (χ1n) is 22.3. The van der Waals surface area contributed by atoms with Gasteiger partial charge in [0.1, 0.15) is 5.75 Å². The summed E-state index contributed by atoms with van der Waals surface area (Å²) in [5, 5.41) is 20.8. The van der Waals surface area contributed by atoms with Crippen LogP contribution < -0.4 is 9.80 Å².